The second-order valence-electron chi connectivity index (χ2n) is 32.0. The molecule has 8 aromatic carbocycles. The van der Waals surface area contributed by atoms with Gasteiger partial charge in [-0.1, -0.05) is 145 Å². The molecule has 696 valence electrons. The molecule has 0 saturated heterocycles. The molecule has 30 heteroatoms. The highest BCUT2D eigenvalue weighted by Gasteiger charge is 2.24. The first kappa shape index (κ1) is 94.4. The maximum atomic E-state index is 14.2. The number of pyridine rings is 12. The summed E-state index contributed by atoms with van der Waals surface area (Å²) in [5.74, 6) is -8.92. The molecule has 0 N–H and O–H groups in total. The third-order valence-electron chi connectivity index (χ3n) is 23.0. The zero-order valence-corrected chi connectivity index (χ0v) is 77.0. The molecule has 0 fully saturated rings. The summed E-state index contributed by atoms with van der Waals surface area (Å²) < 4.78 is 130. The van der Waals surface area contributed by atoms with Gasteiger partial charge in [-0.25, -0.2) is 68.3 Å². The van der Waals surface area contributed by atoms with Crippen molar-refractivity contribution in [1.82, 2.24) is 77.4 Å². The molecule has 24 aromatic rings. The SMILES string of the molecule is Clc1cccc(-c2ncccc2-c2ccc3ncccc3c2)c1.Clc1cccc(-c2ncccc2-c2ccc3nccn3c2)c1.Fc1cc(F)c(-c2ncccc2-c2ccc3ncccc3c2)cc1F.Fc1cc(F)c(-c2ncccc2-c2ccc3nccn3c2)cc1F.[C-]#[N+]c1cnc2ccc(-c3cccnc3-c3cc(F)c(F)cc3F)cn12.[C-]#[N+]c1cnc2ccc(-c3cccnc3-c3cccc(Cl)c3)cn12. The number of aromatic nitrogens is 16. The van der Waals surface area contributed by atoms with Crippen molar-refractivity contribution in [3.63, 3.8) is 0 Å². The summed E-state index contributed by atoms with van der Waals surface area (Å²) in [7, 11) is 0. The number of hydrogen-bond acceptors (Lipinski definition) is 12. The molecular formula is C114H66Cl3F9N18. The Morgan fingerprint density at radius 1 is 0.215 bits per heavy atom. The first-order valence-electron chi connectivity index (χ1n) is 43.9. The van der Waals surface area contributed by atoms with Gasteiger partial charge in [0.2, 0.25) is 11.3 Å². The van der Waals surface area contributed by atoms with Gasteiger partial charge in [0.1, 0.15) is 28.7 Å². The quantitative estimate of drug-likeness (QED) is 0.0642. The minimum absolute atomic E-state index is 0.0826. The van der Waals surface area contributed by atoms with Crippen LogP contribution < -0.4 is 0 Å². The predicted molar refractivity (Wildman–Crippen MR) is 543 cm³/mol. The average Bonchev–Trinajstić information content (AvgIpc) is 1.64. The van der Waals surface area contributed by atoms with Crippen LogP contribution in [0, 0.1) is 65.5 Å². The van der Waals surface area contributed by atoms with Crippen LogP contribution in [0.2, 0.25) is 15.1 Å². The number of fused-ring (bicyclic) bond motifs is 6. The lowest BCUT2D eigenvalue weighted by atomic mass is 9.97. The van der Waals surface area contributed by atoms with E-state index in [1.54, 1.807) is 107 Å². The summed E-state index contributed by atoms with van der Waals surface area (Å²) in [6, 6.07) is 84.1. The summed E-state index contributed by atoms with van der Waals surface area (Å²) in [5.41, 5.74) is 21.1. The average molecular weight is 1970 g/mol. The van der Waals surface area contributed by atoms with E-state index in [0.29, 0.717) is 72.8 Å². The maximum Gasteiger partial charge on any atom is 0.254 e. The molecule has 0 radical (unpaired) electrons. The second-order valence-corrected chi connectivity index (χ2v) is 33.3. The minimum Gasteiger partial charge on any atom is -0.362 e. The lowest BCUT2D eigenvalue weighted by Crippen LogP contribution is -1.96. The molecule has 0 atom stereocenters. The molecule has 0 saturated carbocycles. The number of benzene rings is 8. The van der Waals surface area contributed by atoms with Crippen LogP contribution in [0.15, 0.2) is 403 Å². The normalized spacial score (nSPS) is 10.9. The molecule has 0 aliphatic carbocycles. The molecule has 0 amide bonds. The molecule has 16 aromatic heterocycles. The molecule has 144 heavy (non-hydrogen) atoms. The van der Waals surface area contributed by atoms with Crippen molar-refractivity contribution in [2.45, 2.75) is 0 Å². The lowest BCUT2D eigenvalue weighted by Gasteiger charge is -2.11. The van der Waals surface area contributed by atoms with Crippen LogP contribution in [0.1, 0.15) is 0 Å². The van der Waals surface area contributed by atoms with Crippen molar-refractivity contribution in [1.29, 1.82) is 0 Å². The fraction of sp³-hybridized carbons (Fsp3) is 0. The van der Waals surface area contributed by atoms with Gasteiger partial charge in [-0.05, 0) is 175 Å². The van der Waals surface area contributed by atoms with Crippen LogP contribution in [-0.2, 0) is 0 Å². The Hall–Kier alpha value is -18.5. The van der Waals surface area contributed by atoms with E-state index in [9.17, 15) is 39.5 Å². The third-order valence-corrected chi connectivity index (χ3v) is 23.7. The van der Waals surface area contributed by atoms with Gasteiger partial charge in [-0.15, -0.1) is 0 Å². The number of nitrogens with zero attached hydrogens (tertiary/aromatic N) is 18. The van der Waals surface area contributed by atoms with Crippen molar-refractivity contribution in [2.24, 2.45) is 0 Å². The van der Waals surface area contributed by atoms with E-state index in [1.807, 2.05) is 210 Å². The predicted octanol–water partition coefficient (Wildman–Crippen LogP) is 30.5. The van der Waals surface area contributed by atoms with Crippen molar-refractivity contribution < 1.29 is 39.5 Å². The van der Waals surface area contributed by atoms with Gasteiger partial charge in [0.05, 0.1) is 70.0 Å². The minimum atomic E-state index is -1.26. The second kappa shape index (κ2) is 42.4. The zero-order chi connectivity index (χ0) is 99.4. The van der Waals surface area contributed by atoms with Crippen LogP contribution in [0.25, 0.3) is 188 Å². The van der Waals surface area contributed by atoms with Gasteiger partial charge in [-0.2, -0.15) is 0 Å². The molecular weight excluding hydrogens is 1900 g/mol. The molecule has 16 heterocycles. The van der Waals surface area contributed by atoms with Crippen LogP contribution >= 0.6 is 34.8 Å². The number of halogens is 12. The van der Waals surface area contributed by atoms with Crippen molar-refractivity contribution >= 4 is 90.8 Å². The van der Waals surface area contributed by atoms with Crippen LogP contribution in [0.4, 0.5) is 51.1 Å². The van der Waals surface area contributed by atoms with Crippen molar-refractivity contribution in [3.05, 3.63) is 493 Å². The van der Waals surface area contributed by atoms with Gasteiger partial charge in [-0.3, -0.25) is 39.9 Å². The number of rotatable bonds is 12. The maximum absolute atomic E-state index is 14.2. The molecule has 24 rings (SSSR count). The van der Waals surface area contributed by atoms with Gasteiger partial charge in [0.15, 0.2) is 34.9 Å². The highest BCUT2D eigenvalue weighted by molar-refractivity contribution is 6.31. The first-order chi connectivity index (χ1) is 70.2. The summed E-state index contributed by atoms with van der Waals surface area (Å²) in [6.07, 6.45) is 31.0. The van der Waals surface area contributed by atoms with Gasteiger partial charge in [0, 0.05) is 232 Å². The van der Waals surface area contributed by atoms with E-state index in [4.69, 9.17) is 47.9 Å². The summed E-state index contributed by atoms with van der Waals surface area (Å²) in [6.45, 7) is 14.4. The molecule has 18 nitrogen and oxygen atoms in total. The monoisotopic (exact) mass is 1960 g/mol. The van der Waals surface area contributed by atoms with E-state index in [-0.39, 0.29) is 33.8 Å². The Kier molecular flexibility index (Phi) is 27.8. The van der Waals surface area contributed by atoms with Crippen LogP contribution in [-0.4, -0.2) is 77.4 Å². The summed E-state index contributed by atoms with van der Waals surface area (Å²) in [5, 5.41) is 4.12. The topological polar surface area (TPSA) is 181 Å². The fourth-order valence-electron chi connectivity index (χ4n) is 16.2. The number of hydrogen-bond donors (Lipinski definition) is 0. The van der Waals surface area contributed by atoms with E-state index in [1.165, 1.54) is 24.8 Å². The first-order valence-corrected chi connectivity index (χ1v) is 45.1. The molecule has 0 unspecified atom stereocenters. The lowest BCUT2D eigenvalue weighted by molar-refractivity contribution is 0.496. The molecule has 0 aliphatic heterocycles. The standard InChI is InChI=1S/C20H13ClN2.C20H11F3N2.C19H11ClN4.C19H9F3N4.C18H12ClN3.C18H10F3N3/c21-17-6-1-4-16(13-17)20-18(7-3-11-23-20)14-8-9-19-15(12-14)5-2-10-22-19;21-16-11-18(23)17(22)10-15(16)20-14(4-2-8-25-20)12-5-6-19-13(9-12)3-1-7-24-19;1-21-18-11-23-17-8-7-14(12-24(17)18)16-6-3-9-22-19(16)13-4-2-5-15(20)10-13;1-23-18-9-25-17-5-4-11(10-26(17)18)12-3-2-6-24-19(12)13-7-15(21)16(22)8-14(13)20;19-15-4-1-3-13(11-15)18-16(5-2-8-21-18)14-6-7-17-20-9-10-22(17)12-14;19-14-9-16(21)15(20)8-13(14)18-12(2-1-5-23-18)11-3-4-17-22-6-7-24(17)10-11/h1-13H;1-11H;2-12H;2-10H;1-12H;1-10H. The number of imidazole rings is 4. The van der Waals surface area contributed by atoms with Crippen LogP contribution in [0.3, 0.4) is 0 Å². The Balaban J connectivity index is 0.000000109. The molecule has 0 spiro atoms. The Morgan fingerprint density at radius 2 is 0.500 bits per heavy atom. The molecule has 0 bridgehead atoms. The largest absolute Gasteiger partial charge is 0.362 e. The van der Waals surface area contributed by atoms with E-state index in [2.05, 4.69) is 112 Å². The highest BCUT2D eigenvalue weighted by Crippen LogP contribution is 2.42. The smallest absolute Gasteiger partial charge is 0.254 e. The van der Waals surface area contributed by atoms with Gasteiger partial charge >= 0.3 is 0 Å². The Labute approximate surface area is 829 Å². The van der Waals surface area contributed by atoms with E-state index in [0.717, 1.165) is 135 Å². The van der Waals surface area contributed by atoms with Gasteiger partial charge < -0.3 is 18.5 Å². The van der Waals surface area contributed by atoms with Gasteiger partial charge in [0.25, 0.3) is 11.6 Å². The Morgan fingerprint density at radius 3 is 0.840 bits per heavy atom. The third kappa shape index (κ3) is 20.6. The van der Waals surface area contributed by atoms with E-state index >= 15 is 0 Å². The van der Waals surface area contributed by atoms with Crippen LogP contribution in [0.5, 0.6) is 0 Å². The zero-order valence-electron chi connectivity index (χ0n) is 74.7. The molecule has 0 aliphatic rings. The van der Waals surface area contributed by atoms with Crippen molar-refractivity contribution in [3.8, 4) is 134 Å². The van der Waals surface area contributed by atoms with E-state index < -0.39 is 52.4 Å². The fourth-order valence-corrected chi connectivity index (χ4v) is 16.8. The summed E-state index contributed by atoms with van der Waals surface area (Å²) in [4.78, 5) is 58.5. The van der Waals surface area contributed by atoms with Crippen molar-refractivity contribution in [2.75, 3.05) is 0 Å². The Bertz CT molecular complexity index is 9080. The summed E-state index contributed by atoms with van der Waals surface area (Å²) >= 11 is 18.4. The highest BCUT2D eigenvalue weighted by atomic mass is 35.5.